The Bertz CT molecular complexity index is 1560. The van der Waals surface area contributed by atoms with Crippen LogP contribution in [0.2, 0.25) is 0 Å². The molecule has 4 aromatic rings. The molecular weight excluding hydrogens is 538 g/mol. The maximum Gasteiger partial charge on any atom is 0.411 e. The number of amides is 3. The van der Waals surface area contributed by atoms with Gasteiger partial charge in [-0.05, 0) is 60.6 Å². The molecule has 0 aliphatic carbocycles. The average Bonchev–Trinajstić information content (AvgIpc) is 3.29. The van der Waals surface area contributed by atoms with Crippen LogP contribution in [0.4, 0.5) is 10.5 Å². The van der Waals surface area contributed by atoms with Crippen LogP contribution >= 0.6 is 0 Å². The van der Waals surface area contributed by atoms with Gasteiger partial charge in [-0.1, -0.05) is 84.9 Å². The minimum Gasteiger partial charge on any atom is -0.446 e. The maximum absolute atomic E-state index is 12.7. The summed E-state index contributed by atoms with van der Waals surface area (Å²) in [6.07, 6.45) is 2.67. The quantitative estimate of drug-likeness (QED) is 0.233. The molecule has 1 fully saturated rings. The number of imide groups is 1. The Balaban J connectivity index is 0.921. The van der Waals surface area contributed by atoms with E-state index in [2.05, 4.69) is 34.5 Å². The molecule has 7 nitrogen and oxygen atoms in total. The smallest absolute Gasteiger partial charge is 0.411 e. The average molecular weight is 574 g/mol. The highest BCUT2D eigenvalue weighted by molar-refractivity contribution is 6.21. The van der Waals surface area contributed by atoms with E-state index < -0.39 is 6.09 Å². The first-order valence-corrected chi connectivity index (χ1v) is 14.9. The topological polar surface area (TPSA) is 79.0 Å². The molecule has 1 saturated heterocycles. The number of hydrogen-bond acceptors (Lipinski definition) is 5. The van der Waals surface area contributed by atoms with Crippen molar-refractivity contribution >= 4 is 23.6 Å². The Hall–Kier alpha value is -4.75. The third-order valence-electron chi connectivity index (χ3n) is 8.30. The molecule has 0 spiro atoms. The van der Waals surface area contributed by atoms with E-state index >= 15 is 0 Å². The van der Waals surface area contributed by atoms with E-state index in [1.165, 1.54) is 10.5 Å². The fourth-order valence-electron chi connectivity index (χ4n) is 5.85. The molecule has 1 N–H and O–H groups in total. The van der Waals surface area contributed by atoms with Gasteiger partial charge in [-0.15, -0.1) is 0 Å². The first-order chi connectivity index (χ1) is 21.0. The lowest BCUT2D eigenvalue weighted by Gasteiger charge is -2.31. The van der Waals surface area contributed by atoms with Crippen LogP contribution in [-0.2, 0) is 17.6 Å². The van der Waals surface area contributed by atoms with Gasteiger partial charge < -0.3 is 9.64 Å². The van der Waals surface area contributed by atoms with Crippen molar-refractivity contribution in [3.8, 4) is 11.1 Å². The van der Waals surface area contributed by atoms with E-state index in [1.54, 1.807) is 24.3 Å². The predicted molar refractivity (Wildman–Crippen MR) is 167 cm³/mol. The molecule has 0 saturated carbocycles. The van der Waals surface area contributed by atoms with Gasteiger partial charge in [-0.25, -0.2) is 4.79 Å². The summed E-state index contributed by atoms with van der Waals surface area (Å²) in [5.41, 5.74) is 6.08. The number of carbonyl (C=O) groups excluding carboxylic acids is 3. The number of fused-ring (bicyclic) bond motifs is 1. The van der Waals surface area contributed by atoms with Gasteiger partial charge in [0.15, 0.2) is 0 Å². The lowest BCUT2D eigenvalue weighted by molar-refractivity contribution is 0.0592. The van der Waals surface area contributed by atoms with Gasteiger partial charge in [0, 0.05) is 31.7 Å². The lowest BCUT2D eigenvalue weighted by atomic mass is 10.0. The molecule has 43 heavy (non-hydrogen) atoms. The Labute approximate surface area is 252 Å². The summed E-state index contributed by atoms with van der Waals surface area (Å²) >= 11 is 0. The Kier molecular flexibility index (Phi) is 8.61. The molecule has 4 aromatic carbocycles. The molecule has 0 unspecified atom stereocenters. The summed E-state index contributed by atoms with van der Waals surface area (Å²) in [7, 11) is 0. The molecule has 0 atom stereocenters. The second kappa shape index (κ2) is 13.0. The molecule has 0 bridgehead atoms. The van der Waals surface area contributed by atoms with E-state index in [-0.39, 0.29) is 17.9 Å². The number of nitrogens with one attached hydrogen (secondary N) is 1. The van der Waals surface area contributed by atoms with Crippen LogP contribution in [0, 0.1) is 0 Å². The standard InChI is InChI=1S/C36H35N3O4/c40-34-31-11-4-5-12-32(31)35(41)39(34)25-19-27-16-14-26(15-17-27)18-22-38-23-20-29(21-24-38)43-36(42)37-33-13-7-6-10-30(33)28-8-2-1-3-9-28/h1-17,29H,18-25H2,(H,37,42). The monoisotopic (exact) mass is 573 g/mol. The van der Waals surface area contributed by atoms with Crippen molar-refractivity contribution in [1.29, 1.82) is 0 Å². The fourth-order valence-corrected chi connectivity index (χ4v) is 5.85. The van der Waals surface area contributed by atoms with Crippen molar-refractivity contribution in [1.82, 2.24) is 9.80 Å². The normalized spacial score (nSPS) is 15.4. The maximum atomic E-state index is 12.7. The number of hydrogen-bond donors (Lipinski definition) is 1. The highest BCUT2D eigenvalue weighted by atomic mass is 16.6. The van der Waals surface area contributed by atoms with Crippen molar-refractivity contribution < 1.29 is 19.1 Å². The summed E-state index contributed by atoms with van der Waals surface area (Å²) in [4.78, 5) is 41.7. The SMILES string of the molecule is O=C(Nc1ccccc1-c1ccccc1)OC1CCN(CCc2ccc(CCN3C(=O)c4ccccc4C3=O)cc2)CC1. The summed E-state index contributed by atoms with van der Waals surface area (Å²) in [5.74, 6) is -0.416. The van der Waals surface area contributed by atoms with Gasteiger partial charge in [0.2, 0.25) is 0 Å². The lowest BCUT2D eigenvalue weighted by Crippen LogP contribution is -2.39. The summed E-state index contributed by atoms with van der Waals surface area (Å²) < 4.78 is 5.78. The van der Waals surface area contributed by atoms with Crippen LogP contribution < -0.4 is 5.32 Å². The Morgan fingerprint density at radius 2 is 1.21 bits per heavy atom. The number of para-hydroxylation sites is 1. The fraction of sp³-hybridized carbons (Fsp3) is 0.250. The van der Waals surface area contributed by atoms with Crippen LogP contribution in [0.1, 0.15) is 44.7 Å². The van der Waals surface area contributed by atoms with Gasteiger partial charge >= 0.3 is 6.09 Å². The second-order valence-corrected chi connectivity index (χ2v) is 11.1. The highest BCUT2D eigenvalue weighted by Crippen LogP contribution is 2.28. The van der Waals surface area contributed by atoms with Crippen LogP contribution in [-0.4, -0.2) is 60.0 Å². The zero-order chi connectivity index (χ0) is 29.6. The molecule has 0 radical (unpaired) electrons. The second-order valence-electron chi connectivity index (χ2n) is 11.1. The van der Waals surface area contributed by atoms with Gasteiger partial charge in [0.05, 0.1) is 16.8 Å². The zero-order valence-electron chi connectivity index (χ0n) is 24.1. The van der Waals surface area contributed by atoms with Gasteiger partial charge in [0.25, 0.3) is 11.8 Å². The van der Waals surface area contributed by atoms with Crippen LogP contribution in [0.25, 0.3) is 11.1 Å². The van der Waals surface area contributed by atoms with Crippen molar-refractivity contribution in [2.45, 2.75) is 31.8 Å². The molecule has 7 heteroatoms. The van der Waals surface area contributed by atoms with Crippen LogP contribution in [0.15, 0.2) is 103 Å². The van der Waals surface area contributed by atoms with Crippen molar-refractivity contribution in [2.24, 2.45) is 0 Å². The first-order valence-electron chi connectivity index (χ1n) is 14.9. The van der Waals surface area contributed by atoms with Gasteiger partial charge in [-0.2, -0.15) is 0 Å². The first kappa shape index (κ1) is 28.4. The zero-order valence-corrected chi connectivity index (χ0v) is 24.1. The molecular formula is C36H35N3O4. The number of anilines is 1. The third-order valence-corrected chi connectivity index (χ3v) is 8.30. The minimum absolute atomic E-state index is 0.0958. The number of carbonyl (C=O) groups is 3. The Morgan fingerprint density at radius 1 is 0.674 bits per heavy atom. The minimum atomic E-state index is -0.412. The van der Waals surface area contributed by atoms with E-state index in [4.69, 9.17) is 4.74 Å². The van der Waals surface area contributed by atoms with Crippen LogP contribution in [0.3, 0.4) is 0 Å². The molecule has 2 aliphatic heterocycles. The Morgan fingerprint density at radius 3 is 1.84 bits per heavy atom. The predicted octanol–water partition coefficient (Wildman–Crippen LogP) is 6.45. The van der Waals surface area contributed by atoms with E-state index in [9.17, 15) is 14.4 Å². The largest absolute Gasteiger partial charge is 0.446 e. The number of rotatable bonds is 9. The van der Waals surface area contributed by atoms with Gasteiger partial charge in [0.1, 0.15) is 6.10 Å². The molecule has 2 aliphatic rings. The number of piperidine rings is 1. The van der Waals surface area contributed by atoms with Crippen molar-refractivity contribution in [3.63, 3.8) is 0 Å². The summed E-state index contributed by atoms with van der Waals surface area (Å²) in [6, 6.07) is 33.2. The molecule has 6 rings (SSSR count). The molecule has 2 heterocycles. The summed E-state index contributed by atoms with van der Waals surface area (Å²) in [5, 5.41) is 2.94. The van der Waals surface area contributed by atoms with Gasteiger partial charge in [-0.3, -0.25) is 19.8 Å². The van der Waals surface area contributed by atoms with E-state index in [0.717, 1.165) is 61.3 Å². The molecule has 3 amide bonds. The number of ether oxygens (including phenoxy) is 1. The molecule has 218 valence electrons. The number of nitrogens with zero attached hydrogens (tertiary/aromatic N) is 2. The van der Waals surface area contributed by atoms with Crippen molar-refractivity contribution in [3.05, 3.63) is 125 Å². The summed E-state index contributed by atoms with van der Waals surface area (Å²) in [6.45, 7) is 3.09. The van der Waals surface area contributed by atoms with Crippen molar-refractivity contribution in [2.75, 3.05) is 31.5 Å². The van der Waals surface area contributed by atoms with Crippen LogP contribution in [0.5, 0.6) is 0 Å². The highest BCUT2D eigenvalue weighted by Gasteiger charge is 2.34. The molecule has 0 aromatic heterocycles. The third kappa shape index (κ3) is 6.68. The number of likely N-dealkylation sites (tertiary alicyclic amines) is 1. The van der Waals surface area contributed by atoms with E-state index in [1.807, 2.05) is 54.6 Å². The number of benzene rings is 4. The van der Waals surface area contributed by atoms with E-state index in [0.29, 0.717) is 24.1 Å².